The van der Waals surface area contributed by atoms with Gasteiger partial charge in [0, 0.05) is 12.0 Å². The van der Waals surface area contributed by atoms with Crippen molar-refractivity contribution in [1.29, 1.82) is 0 Å². The number of aromatic nitrogens is 1. The molecule has 3 rings (SSSR count). The summed E-state index contributed by atoms with van der Waals surface area (Å²) in [5.74, 6) is 1.58. The standard InChI is InChI=1S/C14H14N2O2/c15-11-3-4-12(16-9-11)10-2-5-13-14(8-10)18-7-1-6-17-13/h2-5,8-9H,1,6-7,15H2. The molecule has 0 atom stereocenters. The molecule has 0 radical (unpaired) electrons. The molecule has 1 aromatic carbocycles. The number of fused-ring (bicyclic) bond motifs is 1. The summed E-state index contributed by atoms with van der Waals surface area (Å²) in [5.41, 5.74) is 8.16. The first-order chi connectivity index (χ1) is 8.83. The van der Waals surface area contributed by atoms with Crippen LogP contribution in [0, 0.1) is 0 Å². The summed E-state index contributed by atoms with van der Waals surface area (Å²) < 4.78 is 11.2. The molecule has 0 bridgehead atoms. The van der Waals surface area contributed by atoms with Crippen molar-refractivity contribution in [3.05, 3.63) is 36.5 Å². The van der Waals surface area contributed by atoms with Gasteiger partial charge in [0.05, 0.1) is 30.8 Å². The van der Waals surface area contributed by atoms with Gasteiger partial charge in [-0.1, -0.05) is 0 Å². The topological polar surface area (TPSA) is 57.4 Å². The predicted molar refractivity (Wildman–Crippen MR) is 69.7 cm³/mol. The lowest BCUT2D eigenvalue weighted by Crippen LogP contribution is -1.97. The van der Waals surface area contributed by atoms with Crippen molar-refractivity contribution in [2.75, 3.05) is 18.9 Å². The van der Waals surface area contributed by atoms with E-state index in [0.29, 0.717) is 18.9 Å². The number of nitrogens with zero attached hydrogens (tertiary/aromatic N) is 1. The minimum Gasteiger partial charge on any atom is -0.490 e. The molecule has 0 amide bonds. The molecule has 2 heterocycles. The van der Waals surface area contributed by atoms with Crippen molar-refractivity contribution in [1.82, 2.24) is 4.98 Å². The van der Waals surface area contributed by atoms with Gasteiger partial charge in [0.1, 0.15) is 0 Å². The second-order valence-electron chi connectivity index (χ2n) is 4.19. The maximum absolute atomic E-state index is 5.66. The van der Waals surface area contributed by atoms with Gasteiger partial charge in [-0.15, -0.1) is 0 Å². The Morgan fingerprint density at radius 2 is 1.83 bits per heavy atom. The van der Waals surface area contributed by atoms with Gasteiger partial charge in [-0.05, 0) is 30.3 Å². The summed E-state index contributed by atoms with van der Waals surface area (Å²) >= 11 is 0. The minimum atomic E-state index is 0.660. The number of ether oxygens (including phenoxy) is 2. The molecule has 4 nitrogen and oxygen atoms in total. The molecule has 18 heavy (non-hydrogen) atoms. The Kier molecular flexibility index (Phi) is 2.76. The van der Waals surface area contributed by atoms with Crippen LogP contribution in [-0.4, -0.2) is 18.2 Å². The van der Waals surface area contributed by atoms with Crippen molar-refractivity contribution in [3.8, 4) is 22.8 Å². The van der Waals surface area contributed by atoms with Gasteiger partial charge >= 0.3 is 0 Å². The molecule has 1 aromatic heterocycles. The zero-order chi connectivity index (χ0) is 12.4. The van der Waals surface area contributed by atoms with E-state index in [9.17, 15) is 0 Å². The second kappa shape index (κ2) is 4.56. The molecule has 1 aliphatic heterocycles. The fourth-order valence-corrected chi connectivity index (χ4v) is 1.90. The third-order valence-corrected chi connectivity index (χ3v) is 2.83. The lowest BCUT2D eigenvalue weighted by atomic mass is 10.1. The summed E-state index contributed by atoms with van der Waals surface area (Å²) in [5, 5.41) is 0. The molecule has 0 saturated heterocycles. The third kappa shape index (κ3) is 2.09. The van der Waals surface area contributed by atoms with Crippen LogP contribution in [0.4, 0.5) is 5.69 Å². The maximum atomic E-state index is 5.66. The van der Waals surface area contributed by atoms with Crippen LogP contribution in [0.3, 0.4) is 0 Å². The van der Waals surface area contributed by atoms with Crippen molar-refractivity contribution in [2.24, 2.45) is 0 Å². The van der Waals surface area contributed by atoms with Crippen molar-refractivity contribution in [2.45, 2.75) is 6.42 Å². The zero-order valence-electron chi connectivity index (χ0n) is 9.93. The lowest BCUT2D eigenvalue weighted by molar-refractivity contribution is 0.297. The van der Waals surface area contributed by atoms with Crippen LogP contribution in [-0.2, 0) is 0 Å². The number of pyridine rings is 1. The highest BCUT2D eigenvalue weighted by Crippen LogP contribution is 2.33. The van der Waals surface area contributed by atoms with E-state index in [1.54, 1.807) is 6.20 Å². The number of hydrogen-bond donors (Lipinski definition) is 1. The lowest BCUT2D eigenvalue weighted by Gasteiger charge is -2.09. The highest BCUT2D eigenvalue weighted by molar-refractivity contribution is 5.65. The average molecular weight is 242 g/mol. The van der Waals surface area contributed by atoms with Gasteiger partial charge in [-0.25, -0.2) is 0 Å². The Balaban J connectivity index is 1.98. The second-order valence-corrected chi connectivity index (χ2v) is 4.19. The summed E-state index contributed by atoms with van der Waals surface area (Å²) in [6.07, 6.45) is 2.56. The predicted octanol–water partition coefficient (Wildman–Crippen LogP) is 2.49. The highest BCUT2D eigenvalue weighted by Gasteiger charge is 2.11. The Bertz CT molecular complexity index is 552. The highest BCUT2D eigenvalue weighted by atomic mass is 16.5. The average Bonchev–Trinajstić information content (AvgIpc) is 2.64. The number of benzene rings is 1. The summed E-state index contributed by atoms with van der Waals surface area (Å²) in [7, 11) is 0. The molecule has 0 spiro atoms. The Morgan fingerprint density at radius 3 is 2.61 bits per heavy atom. The van der Waals surface area contributed by atoms with E-state index in [4.69, 9.17) is 15.2 Å². The van der Waals surface area contributed by atoms with Crippen LogP contribution in [0.15, 0.2) is 36.5 Å². The van der Waals surface area contributed by atoms with Gasteiger partial charge < -0.3 is 15.2 Å². The summed E-state index contributed by atoms with van der Waals surface area (Å²) in [6.45, 7) is 1.39. The largest absolute Gasteiger partial charge is 0.490 e. The van der Waals surface area contributed by atoms with Gasteiger partial charge in [0.25, 0.3) is 0 Å². The number of nitrogen functional groups attached to an aromatic ring is 1. The fourth-order valence-electron chi connectivity index (χ4n) is 1.90. The Morgan fingerprint density at radius 1 is 1.00 bits per heavy atom. The molecular weight excluding hydrogens is 228 g/mol. The Labute approximate surface area is 105 Å². The zero-order valence-corrected chi connectivity index (χ0v) is 9.93. The number of nitrogens with two attached hydrogens (primary N) is 1. The third-order valence-electron chi connectivity index (χ3n) is 2.83. The summed E-state index contributed by atoms with van der Waals surface area (Å²) in [6, 6.07) is 9.60. The van der Waals surface area contributed by atoms with E-state index in [1.807, 2.05) is 30.3 Å². The number of rotatable bonds is 1. The van der Waals surface area contributed by atoms with E-state index in [1.165, 1.54) is 0 Å². The van der Waals surface area contributed by atoms with Crippen LogP contribution in [0.5, 0.6) is 11.5 Å². The monoisotopic (exact) mass is 242 g/mol. The van der Waals surface area contributed by atoms with Crippen molar-refractivity contribution in [3.63, 3.8) is 0 Å². The molecule has 0 saturated carbocycles. The molecule has 92 valence electrons. The van der Waals surface area contributed by atoms with Crippen LogP contribution < -0.4 is 15.2 Å². The SMILES string of the molecule is Nc1ccc(-c2ccc3c(c2)OCCCO3)nc1. The van der Waals surface area contributed by atoms with E-state index in [2.05, 4.69) is 4.98 Å². The van der Waals surface area contributed by atoms with Gasteiger partial charge in [-0.3, -0.25) is 4.98 Å². The normalized spacial score (nSPS) is 14.0. The number of hydrogen-bond acceptors (Lipinski definition) is 4. The van der Waals surface area contributed by atoms with Crippen LogP contribution in [0.2, 0.25) is 0 Å². The van der Waals surface area contributed by atoms with Gasteiger partial charge in [-0.2, -0.15) is 0 Å². The molecule has 1 aliphatic rings. The molecule has 2 aromatic rings. The maximum Gasteiger partial charge on any atom is 0.161 e. The first-order valence-electron chi connectivity index (χ1n) is 5.94. The number of anilines is 1. The Hall–Kier alpha value is -2.23. The minimum absolute atomic E-state index is 0.660. The van der Waals surface area contributed by atoms with Crippen molar-refractivity contribution < 1.29 is 9.47 Å². The first kappa shape index (κ1) is 10.9. The molecule has 0 fully saturated rings. The van der Waals surface area contributed by atoms with E-state index in [0.717, 1.165) is 29.2 Å². The molecule has 0 aliphatic carbocycles. The molecular formula is C14H14N2O2. The summed E-state index contributed by atoms with van der Waals surface area (Å²) in [4.78, 5) is 4.30. The van der Waals surface area contributed by atoms with Gasteiger partial charge in [0.15, 0.2) is 11.5 Å². The quantitative estimate of drug-likeness (QED) is 0.834. The smallest absolute Gasteiger partial charge is 0.161 e. The first-order valence-corrected chi connectivity index (χ1v) is 5.94. The molecule has 2 N–H and O–H groups in total. The van der Waals surface area contributed by atoms with Crippen molar-refractivity contribution >= 4 is 5.69 Å². The molecule has 0 unspecified atom stereocenters. The van der Waals surface area contributed by atoms with Crippen LogP contribution in [0.1, 0.15) is 6.42 Å². The van der Waals surface area contributed by atoms with Gasteiger partial charge in [0.2, 0.25) is 0 Å². The van der Waals surface area contributed by atoms with Crippen LogP contribution in [0.25, 0.3) is 11.3 Å². The van der Waals surface area contributed by atoms with E-state index in [-0.39, 0.29) is 0 Å². The molecule has 4 heteroatoms. The van der Waals surface area contributed by atoms with E-state index >= 15 is 0 Å². The van der Waals surface area contributed by atoms with E-state index < -0.39 is 0 Å². The fraction of sp³-hybridized carbons (Fsp3) is 0.214. The van der Waals surface area contributed by atoms with Crippen LogP contribution >= 0.6 is 0 Å².